The molecule has 3 heteroatoms. The summed E-state index contributed by atoms with van der Waals surface area (Å²) in [6, 6.07) is 7.99. The molecule has 0 amide bonds. The van der Waals surface area contributed by atoms with Crippen molar-refractivity contribution >= 4 is 10.9 Å². The summed E-state index contributed by atoms with van der Waals surface area (Å²) in [6.07, 6.45) is 7.27. The number of hydrogen-bond donors (Lipinski definition) is 0. The van der Waals surface area contributed by atoms with E-state index in [-0.39, 0.29) is 11.5 Å². The molecule has 0 saturated carbocycles. The second kappa shape index (κ2) is 5.47. The number of nitrogens with zero attached hydrogens (tertiary/aromatic N) is 2. The standard InChI is InChI=1S/C18H22N2O/c1-18(2,3)13-8-10-14(11-9-13)21-17-15-6-4-5-7-16(15)19-12-20-17/h4-8,12,14H,9-11H2,1-3H3. The minimum atomic E-state index is 0.217. The zero-order valence-corrected chi connectivity index (χ0v) is 13.0. The van der Waals surface area contributed by atoms with Crippen LogP contribution >= 0.6 is 0 Å². The average molecular weight is 282 g/mol. The molecule has 0 aliphatic heterocycles. The summed E-state index contributed by atoms with van der Waals surface area (Å²) < 4.78 is 6.13. The molecule has 1 unspecified atom stereocenters. The van der Waals surface area contributed by atoms with Crippen LogP contribution in [0.2, 0.25) is 0 Å². The van der Waals surface area contributed by atoms with E-state index in [2.05, 4.69) is 36.8 Å². The lowest BCUT2D eigenvalue weighted by Crippen LogP contribution is -2.23. The van der Waals surface area contributed by atoms with Crippen molar-refractivity contribution < 1.29 is 4.74 Å². The molecule has 1 aliphatic carbocycles. The predicted octanol–water partition coefficient (Wildman–Crippen LogP) is 4.53. The highest BCUT2D eigenvalue weighted by Gasteiger charge is 2.23. The first-order valence-corrected chi connectivity index (χ1v) is 7.60. The SMILES string of the molecule is CC(C)(C)C1=CCC(Oc2ncnc3ccccc23)CC1. The average Bonchev–Trinajstić information content (AvgIpc) is 2.47. The number of hydrogen-bond acceptors (Lipinski definition) is 3. The van der Waals surface area contributed by atoms with Crippen molar-refractivity contribution in [3.63, 3.8) is 0 Å². The van der Waals surface area contributed by atoms with E-state index in [4.69, 9.17) is 4.74 Å². The number of ether oxygens (including phenoxy) is 1. The van der Waals surface area contributed by atoms with Crippen molar-refractivity contribution in [1.82, 2.24) is 9.97 Å². The molecule has 0 bridgehead atoms. The molecule has 0 saturated heterocycles. The zero-order valence-electron chi connectivity index (χ0n) is 13.0. The van der Waals surface area contributed by atoms with Gasteiger partial charge in [-0.1, -0.05) is 44.6 Å². The van der Waals surface area contributed by atoms with Crippen LogP contribution in [0, 0.1) is 5.41 Å². The summed E-state index contributed by atoms with van der Waals surface area (Å²) in [4.78, 5) is 8.59. The number of allylic oxidation sites excluding steroid dienone is 1. The van der Waals surface area contributed by atoms with E-state index in [1.807, 2.05) is 24.3 Å². The Balaban J connectivity index is 1.77. The van der Waals surface area contributed by atoms with Gasteiger partial charge >= 0.3 is 0 Å². The summed E-state index contributed by atoms with van der Waals surface area (Å²) in [5, 5.41) is 0.991. The van der Waals surface area contributed by atoms with Crippen LogP contribution in [-0.2, 0) is 0 Å². The summed E-state index contributed by atoms with van der Waals surface area (Å²) in [5.74, 6) is 0.707. The van der Waals surface area contributed by atoms with Crippen LogP contribution in [0.25, 0.3) is 10.9 Å². The number of benzene rings is 1. The Hall–Kier alpha value is -1.90. The molecule has 110 valence electrons. The van der Waals surface area contributed by atoms with E-state index in [1.165, 1.54) is 5.57 Å². The highest BCUT2D eigenvalue weighted by atomic mass is 16.5. The molecule has 1 aromatic heterocycles. The van der Waals surface area contributed by atoms with E-state index in [0.717, 1.165) is 30.2 Å². The van der Waals surface area contributed by atoms with Crippen molar-refractivity contribution in [2.75, 3.05) is 0 Å². The van der Waals surface area contributed by atoms with Gasteiger partial charge in [-0.3, -0.25) is 0 Å². The van der Waals surface area contributed by atoms with Gasteiger partial charge in [0.15, 0.2) is 0 Å². The van der Waals surface area contributed by atoms with Crippen molar-refractivity contribution in [3.8, 4) is 5.88 Å². The fourth-order valence-corrected chi connectivity index (χ4v) is 2.83. The van der Waals surface area contributed by atoms with Gasteiger partial charge in [0.05, 0.1) is 10.9 Å². The third-order valence-electron chi connectivity index (χ3n) is 4.11. The Morgan fingerprint density at radius 1 is 1.14 bits per heavy atom. The minimum absolute atomic E-state index is 0.217. The lowest BCUT2D eigenvalue weighted by molar-refractivity contribution is 0.179. The molecular weight excluding hydrogens is 260 g/mol. The lowest BCUT2D eigenvalue weighted by atomic mass is 9.80. The molecule has 1 heterocycles. The maximum atomic E-state index is 6.13. The fourth-order valence-electron chi connectivity index (χ4n) is 2.83. The summed E-state index contributed by atoms with van der Waals surface area (Å²) in [5.41, 5.74) is 2.74. The maximum absolute atomic E-state index is 6.13. The molecule has 21 heavy (non-hydrogen) atoms. The van der Waals surface area contributed by atoms with Gasteiger partial charge < -0.3 is 4.74 Å². The second-order valence-corrected chi connectivity index (χ2v) is 6.69. The molecule has 1 aliphatic rings. The van der Waals surface area contributed by atoms with Gasteiger partial charge in [-0.2, -0.15) is 0 Å². The molecule has 3 rings (SSSR count). The number of fused-ring (bicyclic) bond motifs is 1. The minimum Gasteiger partial charge on any atom is -0.473 e. The summed E-state index contributed by atoms with van der Waals surface area (Å²) >= 11 is 0. The van der Waals surface area contributed by atoms with Crippen LogP contribution in [-0.4, -0.2) is 16.1 Å². The van der Waals surface area contributed by atoms with Gasteiger partial charge in [-0.25, -0.2) is 9.97 Å². The monoisotopic (exact) mass is 282 g/mol. The number of rotatable bonds is 2. The zero-order chi connectivity index (χ0) is 14.9. The lowest BCUT2D eigenvalue weighted by Gasteiger charge is -2.29. The van der Waals surface area contributed by atoms with Crippen LogP contribution in [0.3, 0.4) is 0 Å². The van der Waals surface area contributed by atoms with Gasteiger partial charge in [0.1, 0.15) is 12.4 Å². The molecule has 1 atom stereocenters. The van der Waals surface area contributed by atoms with Gasteiger partial charge in [0.2, 0.25) is 5.88 Å². The Kier molecular flexibility index (Phi) is 3.66. The molecule has 3 nitrogen and oxygen atoms in total. The normalized spacial score (nSPS) is 19.4. The van der Waals surface area contributed by atoms with E-state index in [9.17, 15) is 0 Å². The Bertz CT molecular complexity index is 665. The van der Waals surface area contributed by atoms with Crippen LogP contribution in [0.1, 0.15) is 40.0 Å². The number of aromatic nitrogens is 2. The molecular formula is C18H22N2O. The first-order chi connectivity index (χ1) is 10.0. The Labute approximate surface area is 126 Å². The van der Waals surface area contributed by atoms with Crippen LogP contribution in [0.15, 0.2) is 42.2 Å². The topological polar surface area (TPSA) is 35.0 Å². The summed E-state index contributed by atoms with van der Waals surface area (Å²) in [6.45, 7) is 6.83. The fraction of sp³-hybridized carbons (Fsp3) is 0.444. The molecule has 2 aromatic rings. The largest absolute Gasteiger partial charge is 0.473 e. The van der Waals surface area contributed by atoms with Gasteiger partial charge in [0, 0.05) is 6.42 Å². The third kappa shape index (κ3) is 3.07. The Morgan fingerprint density at radius 3 is 2.67 bits per heavy atom. The van der Waals surface area contributed by atoms with Crippen LogP contribution < -0.4 is 4.74 Å². The maximum Gasteiger partial charge on any atom is 0.224 e. The van der Waals surface area contributed by atoms with Crippen molar-refractivity contribution in [2.24, 2.45) is 5.41 Å². The van der Waals surface area contributed by atoms with Crippen molar-refractivity contribution in [1.29, 1.82) is 0 Å². The first kappa shape index (κ1) is 14.1. The molecule has 0 N–H and O–H groups in total. The van der Waals surface area contributed by atoms with Crippen LogP contribution in [0.5, 0.6) is 5.88 Å². The van der Waals surface area contributed by atoms with Gasteiger partial charge in [-0.05, 0) is 30.4 Å². The van der Waals surface area contributed by atoms with E-state index < -0.39 is 0 Å². The third-order valence-corrected chi connectivity index (χ3v) is 4.11. The van der Waals surface area contributed by atoms with Crippen LogP contribution in [0.4, 0.5) is 0 Å². The quantitative estimate of drug-likeness (QED) is 0.759. The summed E-state index contributed by atoms with van der Waals surface area (Å²) in [7, 11) is 0. The van der Waals surface area contributed by atoms with Crippen molar-refractivity contribution in [2.45, 2.75) is 46.1 Å². The van der Waals surface area contributed by atoms with E-state index in [0.29, 0.717) is 5.88 Å². The Morgan fingerprint density at radius 2 is 1.95 bits per heavy atom. The smallest absolute Gasteiger partial charge is 0.224 e. The second-order valence-electron chi connectivity index (χ2n) is 6.69. The molecule has 0 spiro atoms. The highest BCUT2D eigenvalue weighted by molar-refractivity contribution is 5.82. The van der Waals surface area contributed by atoms with Gasteiger partial charge in [0.25, 0.3) is 0 Å². The van der Waals surface area contributed by atoms with E-state index >= 15 is 0 Å². The van der Waals surface area contributed by atoms with E-state index in [1.54, 1.807) is 6.33 Å². The van der Waals surface area contributed by atoms with Gasteiger partial charge in [-0.15, -0.1) is 0 Å². The highest BCUT2D eigenvalue weighted by Crippen LogP contribution is 2.34. The molecule has 0 radical (unpaired) electrons. The number of para-hydroxylation sites is 1. The first-order valence-electron chi connectivity index (χ1n) is 7.60. The predicted molar refractivity (Wildman–Crippen MR) is 85.3 cm³/mol. The van der Waals surface area contributed by atoms with Crippen molar-refractivity contribution in [3.05, 3.63) is 42.2 Å². The molecule has 1 aromatic carbocycles. The molecule has 0 fully saturated rings.